The number of aryl methyl sites for hydroxylation is 2. The first-order valence-corrected chi connectivity index (χ1v) is 6.66. The van der Waals surface area contributed by atoms with E-state index in [1.54, 1.807) is 0 Å². The first kappa shape index (κ1) is 13.5. The Morgan fingerprint density at radius 1 is 0.947 bits per heavy atom. The van der Waals surface area contributed by atoms with Gasteiger partial charge in [0.2, 0.25) is 0 Å². The van der Waals surface area contributed by atoms with E-state index in [0.29, 0.717) is 6.61 Å². The Morgan fingerprint density at radius 3 is 2.42 bits per heavy atom. The molecule has 0 heterocycles. The summed E-state index contributed by atoms with van der Waals surface area (Å²) < 4.78 is 5.69. The molecule has 1 N–H and O–H groups in total. The van der Waals surface area contributed by atoms with E-state index in [2.05, 4.69) is 56.4 Å². The zero-order valence-electron chi connectivity index (χ0n) is 11.9. The third-order valence-corrected chi connectivity index (χ3v) is 3.31. The number of anilines is 1. The molecule has 0 fully saturated rings. The van der Waals surface area contributed by atoms with E-state index >= 15 is 0 Å². The molecular weight excluding hydrogens is 234 g/mol. The molecule has 0 aromatic heterocycles. The van der Waals surface area contributed by atoms with Crippen LogP contribution >= 0.6 is 0 Å². The molecule has 2 heteroatoms. The molecule has 0 unspecified atom stereocenters. The Morgan fingerprint density at radius 2 is 1.68 bits per heavy atom. The van der Waals surface area contributed by atoms with Gasteiger partial charge in [0.25, 0.3) is 0 Å². The molecule has 0 aliphatic heterocycles. The third kappa shape index (κ3) is 3.75. The quantitative estimate of drug-likeness (QED) is 0.812. The van der Waals surface area contributed by atoms with Crippen molar-refractivity contribution in [3.8, 4) is 5.75 Å². The fraction of sp³-hybridized carbons (Fsp3) is 0.294. The molecule has 0 saturated heterocycles. The summed E-state index contributed by atoms with van der Waals surface area (Å²) in [6.45, 7) is 7.81. The maximum absolute atomic E-state index is 5.69. The van der Waals surface area contributed by atoms with Gasteiger partial charge in [0, 0.05) is 12.2 Å². The lowest BCUT2D eigenvalue weighted by atomic mass is 10.1. The normalized spacial score (nSPS) is 10.3. The van der Waals surface area contributed by atoms with E-state index in [9.17, 15) is 0 Å². The number of hydrogen-bond acceptors (Lipinski definition) is 2. The molecule has 2 rings (SSSR count). The minimum absolute atomic E-state index is 0.663. The van der Waals surface area contributed by atoms with Gasteiger partial charge in [-0.3, -0.25) is 0 Å². The highest BCUT2D eigenvalue weighted by Crippen LogP contribution is 2.17. The van der Waals surface area contributed by atoms with E-state index in [-0.39, 0.29) is 0 Å². The molecule has 0 aliphatic carbocycles. The lowest BCUT2D eigenvalue weighted by molar-refractivity contribution is 0.333. The van der Waals surface area contributed by atoms with Crippen LogP contribution in [0, 0.1) is 20.8 Å². The van der Waals surface area contributed by atoms with Crippen molar-refractivity contribution in [1.82, 2.24) is 0 Å². The summed E-state index contributed by atoms with van der Waals surface area (Å²) in [5.41, 5.74) is 5.05. The zero-order valence-corrected chi connectivity index (χ0v) is 11.9. The smallest absolute Gasteiger partial charge is 0.119 e. The van der Waals surface area contributed by atoms with E-state index in [1.807, 2.05) is 12.1 Å². The van der Waals surface area contributed by atoms with Crippen LogP contribution in [0.5, 0.6) is 5.75 Å². The molecule has 2 aromatic carbocycles. The summed E-state index contributed by atoms with van der Waals surface area (Å²) in [7, 11) is 0. The van der Waals surface area contributed by atoms with E-state index in [0.717, 1.165) is 12.3 Å². The SMILES string of the molecule is Cc1ccc(OCCNc2cccc(C)c2C)cc1. The minimum atomic E-state index is 0.663. The maximum atomic E-state index is 5.69. The van der Waals surface area contributed by atoms with Gasteiger partial charge in [0.05, 0.1) is 0 Å². The topological polar surface area (TPSA) is 21.3 Å². The average Bonchev–Trinajstić information content (AvgIpc) is 2.41. The van der Waals surface area contributed by atoms with Crippen molar-refractivity contribution in [2.24, 2.45) is 0 Å². The van der Waals surface area contributed by atoms with Crippen LogP contribution < -0.4 is 10.1 Å². The molecule has 0 spiro atoms. The van der Waals surface area contributed by atoms with Crippen molar-refractivity contribution < 1.29 is 4.74 Å². The monoisotopic (exact) mass is 255 g/mol. The highest BCUT2D eigenvalue weighted by Gasteiger charge is 1.99. The fourth-order valence-electron chi connectivity index (χ4n) is 1.93. The Hall–Kier alpha value is -1.96. The Labute approximate surface area is 115 Å². The van der Waals surface area contributed by atoms with Crippen LogP contribution in [0.3, 0.4) is 0 Å². The van der Waals surface area contributed by atoms with Gasteiger partial charge >= 0.3 is 0 Å². The van der Waals surface area contributed by atoms with E-state index in [4.69, 9.17) is 4.74 Å². The van der Waals surface area contributed by atoms with E-state index in [1.165, 1.54) is 22.4 Å². The van der Waals surface area contributed by atoms with Gasteiger partial charge < -0.3 is 10.1 Å². The summed E-state index contributed by atoms with van der Waals surface area (Å²) >= 11 is 0. The summed E-state index contributed by atoms with van der Waals surface area (Å²) in [6, 6.07) is 14.4. The predicted octanol–water partition coefficient (Wildman–Crippen LogP) is 4.10. The van der Waals surface area contributed by atoms with Gasteiger partial charge in [-0.05, 0) is 50.1 Å². The van der Waals surface area contributed by atoms with Gasteiger partial charge in [-0.15, -0.1) is 0 Å². The van der Waals surface area contributed by atoms with Gasteiger partial charge in [0.1, 0.15) is 12.4 Å². The van der Waals surface area contributed by atoms with Crippen molar-refractivity contribution in [3.63, 3.8) is 0 Å². The number of nitrogens with one attached hydrogen (secondary N) is 1. The lowest BCUT2D eigenvalue weighted by Gasteiger charge is -2.12. The summed E-state index contributed by atoms with van der Waals surface area (Å²) in [5, 5.41) is 3.41. The van der Waals surface area contributed by atoms with Gasteiger partial charge in [-0.2, -0.15) is 0 Å². The summed E-state index contributed by atoms with van der Waals surface area (Å²) in [5.74, 6) is 0.924. The van der Waals surface area contributed by atoms with Crippen molar-refractivity contribution in [2.45, 2.75) is 20.8 Å². The van der Waals surface area contributed by atoms with Crippen LogP contribution in [0.1, 0.15) is 16.7 Å². The third-order valence-electron chi connectivity index (χ3n) is 3.31. The molecule has 0 amide bonds. The molecule has 0 aliphatic rings. The second-order valence-corrected chi connectivity index (χ2v) is 4.84. The van der Waals surface area contributed by atoms with Gasteiger partial charge in [-0.1, -0.05) is 29.8 Å². The van der Waals surface area contributed by atoms with Crippen LogP contribution in [-0.4, -0.2) is 13.2 Å². The second kappa shape index (κ2) is 6.28. The molecule has 0 saturated carbocycles. The number of benzene rings is 2. The maximum Gasteiger partial charge on any atom is 0.119 e. The molecular formula is C17H21NO. The van der Waals surface area contributed by atoms with Crippen LogP contribution in [0.4, 0.5) is 5.69 Å². The van der Waals surface area contributed by atoms with Crippen LogP contribution in [0.25, 0.3) is 0 Å². The Balaban J connectivity index is 1.81. The van der Waals surface area contributed by atoms with Crippen molar-refractivity contribution in [3.05, 3.63) is 59.2 Å². The van der Waals surface area contributed by atoms with Crippen LogP contribution in [0.15, 0.2) is 42.5 Å². The number of ether oxygens (including phenoxy) is 1. The van der Waals surface area contributed by atoms with Crippen molar-refractivity contribution >= 4 is 5.69 Å². The average molecular weight is 255 g/mol. The molecule has 0 bridgehead atoms. The first-order chi connectivity index (χ1) is 9.16. The highest BCUT2D eigenvalue weighted by atomic mass is 16.5. The van der Waals surface area contributed by atoms with Gasteiger partial charge in [0.15, 0.2) is 0 Å². The Kier molecular flexibility index (Phi) is 4.45. The predicted molar refractivity (Wildman–Crippen MR) is 81.1 cm³/mol. The molecule has 100 valence electrons. The van der Waals surface area contributed by atoms with E-state index < -0.39 is 0 Å². The molecule has 2 nitrogen and oxygen atoms in total. The second-order valence-electron chi connectivity index (χ2n) is 4.84. The first-order valence-electron chi connectivity index (χ1n) is 6.66. The Bertz CT molecular complexity index is 531. The minimum Gasteiger partial charge on any atom is -0.492 e. The molecule has 19 heavy (non-hydrogen) atoms. The van der Waals surface area contributed by atoms with Gasteiger partial charge in [-0.25, -0.2) is 0 Å². The lowest BCUT2D eigenvalue weighted by Crippen LogP contribution is -2.12. The molecule has 0 atom stereocenters. The van der Waals surface area contributed by atoms with Crippen molar-refractivity contribution in [2.75, 3.05) is 18.5 Å². The number of hydrogen-bond donors (Lipinski definition) is 1. The molecule has 0 radical (unpaired) electrons. The highest BCUT2D eigenvalue weighted by molar-refractivity contribution is 5.53. The molecule has 2 aromatic rings. The fourth-order valence-corrected chi connectivity index (χ4v) is 1.93. The van der Waals surface area contributed by atoms with Crippen molar-refractivity contribution in [1.29, 1.82) is 0 Å². The van der Waals surface area contributed by atoms with Crippen LogP contribution in [0.2, 0.25) is 0 Å². The zero-order chi connectivity index (χ0) is 13.7. The largest absolute Gasteiger partial charge is 0.492 e. The standard InChI is InChI=1S/C17H21NO/c1-13-7-9-16(10-8-13)19-12-11-18-17-6-4-5-14(2)15(17)3/h4-10,18H,11-12H2,1-3H3. The van der Waals surface area contributed by atoms with Crippen LogP contribution in [-0.2, 0) is 0 Å². The summed E-state index contributed by atoms with van der Waals surface area (Å²) in [4.78, 5) is 0. The number of rotatable bonds is 5. The summed E-state index contributed by atoms with van der Waals surface area (Å²) in [6.07, 6.45) is 0.